The SMILES string of the molecule is CCOc1cc([C@H]2NC(=O)c3c(sc4c3CCN(CC)C4)N2)ccc1OC(=O)c1cccc2ccccc12. The number of ether oxygens (including phenoxy) is 2. The van der Waals surface area contributed by atoms with Crippen LogP contribution >= 0.6 is 11.3 Å². The van der Waals surface area contributed by atoms with Gasteiger partial charge in [-0.25, -0.2) is 4.79 Å². The first kappa shape index (κ1) is 24.5. The second kappa shape index (κ2) is 10.1. The average molecular weight is 528 g/mol. The largest absolute Gasteiger partial charge is 0.490 e. The van der Waals surface area contributed by atoms with E-state index < -0.39 is 12.1 Å². The molecule has 38 heavy (non-hydrogen) atoms. The Hall–Kier alpha value is -3.88. The van der Waals surface area contributed by atoms with Gasteiger partial charge in [-0.05, 0) is 60.0 Å². The molecule has 7 nitrogen and oxygen atoms in total. The zero-order valence-electron chi connectivity index (χ0n) is 21.4. The molecule has 1 atom stereocenters. The van der Waals surface area contributed by atoms with Crippen LogP contribution in [0.3, 0.4) is 0 Å². The van der Waals surface area contributed by atoms with Crippen molar-refractivity contribution in [2.24, 2.45) is 0 Å². The maximum atomic E-state index is 13.2. The summed E-state index contributed by atoms with van der Waals surface area (Å²) in [5.41, 5.74) is 3.26. The van der Waals surface area contributed by atoms with E-state index >= 15 is 0 Å². The number of amides is 1. The highest BCUT2D eigenvalue weighted by molar-refractivity contribution is 7.16. The van der Waals surface area contributed by atoms with Gasteiger partial charge in [0.15, 0.2) is 11.5 Å². The summed E-state index contributed by atoms with van der Waals surface area (Å²) in [6.07, 6.45) is 0.472. The van der Waals surface area contributed by atoms with E-state index in [0.717, 1.165) is 53.0 Å². The number of fused-ring (bicyclic) bond motifs is 4. The molecule has 0 saturated carbocycles. The van der Waals surface area contributed by atoms with Crippen LogP contribution in [0.2, 0.25) is 0 Å². The van der Waals surface area contributed by atoms with Gasteiger partial charge in [0, 0.05) is 18.0 Å². The summed E-state index contributed by atoms with van der Waals surface area (Å²) in [5, 5.41) is 9.33. The van der Waals surface area contributed by atoms with Crippen LogP contribution in [0.5, 0.6) is 11.5 Å². The van der Waals surface area contributed by atoms with Crippen molar-refractivity contribution in [2.45, 2.75) is 33.0 Å². The quantitative estimate of drug-likeness (QED) is 0.246. The van der Waals surface area contributed by atoms with Crippen molar-refractivity contribution in [1.29, 1.82) is 0 Å². The minimum absolute atomic E-state index is 0.0596. The number of likely N-dealkylation sites (N-methyl/N-ethyl adjacent to an activating group) is 1. The molecule has 3 heterocycles. The van der Waals surface area contributed by atoms with Crippen LogP contribution in [0.15, 0.2) is 60.7 Å². The number of nitrogens with one attached hydrogen (secondary N) is 2. The van der Waals surface area contributed by atoms with Crippen molar-refractivity contribution < 1.29 is 19.1 Å². The minimum atomic E-state index is -0.450. The van der Waals surface area contributed by atoms with Gasteiger partial charge in [-0.1, -0.05) is 49.4 Å². The monoisotopic (exact) mass is 527 g/mol. The first-order valence-corrected chi connectivity index (χ1v) is 13.8. The number of hydrogen-bond acceptors (Lipinski definition) is 7. The first-order chi connectivity index (χ1) is 18.6. The van der Waals surface area contributed by atoms with Gasteiger partial charge in [0.05, 0.1) is 17.7 Å². The molecule has 0 saturated heterocycles. The summed E-state index contributed by atoms with van der Waals surface area (Å²) in [7, 11) is 0. The van der Waals surface area contributed by atoms with Crippen molar-refractivity contribution in [3.8, 4) is 11.5 Å². The van der Waals surface area contributed by atoms with Gasteiger partial charge < -0.3 is 20.1 Å². The molecule has 3 aromatic carbocycles. The molecule has 4 aromatic rings. The van der Waals surface area contributed by atoms with E-state index in [0.29, 0.717) is 23.7 Å². The lowest BCUT2D eigenvalue weighted by atomic mass is 10.0. The fraction of sp³-hybridized carbons (Fsp3) is 0.267. The van der Waals surface area contributed by atoms with Crippen molar-refractivity contribution in [2.75, 3.05) is 25.0 Å². The highest BCUT2D eigenvalue weighted by atomic mass is 32.1. The van der Waals surface area contributed by atoms with Crippen LogP contribution < -0.4 is 20.1 Å². The maximum Gasteiger partial charge on any atom is 0.344 e. The Morgan fingerprint density at radius 2 is 1.89 bits per heavy atom. The van der Waals surface area contributed by atoms with Crippen LogP contribution in [0.1, 0.15) is 56.7 Å². The summed E-state index contributed by atoms with van der Waals surface area (Å²) in [4.78, 5) is 30.0. The van der Waals surface area contributed by atoms with Crippen molar-refractivity contribution in [3.05, 3.63) is 87.8 Å². The Morgan fingerprint density at radius 3 is 2.74 bits per heavy atom. The number of carbonyl (C=O) groups is 2. The molecule has 0 aliphatic carbocycles. The Balaban J connectivity index is 1.26. The fourth-order valence-corrected chi connectivity index (χ4v) is 6.54. The zero-order chi connectivity index (χ0) is 26.2. The lowest BCUT2D eigenvalue weighted by Gasteiger charge is -2.28. The smallest absolute Gasteiger partial charge is 0.344 e. The van der Waals surface area contributed by atoms with Crippen molar-refractivity contribution in [3.63, 3.8) is 0 Å². The highest BCUT2D eigenvalue weighted by Crippen LogP contribution is 2.41. The minimum Gasteiger partial charge on any atom is -0.490 e. The summed E-state index contributed by atoms with van der Waals surface area (Å²) >= 11 is 1.67. The lowest BCUT2D eigenvalue weighted by Crippen LogP contribution is -2.38. The normalized spacial score (nSPS) is 16.8. The Bertz CT molecular complexity index is 1540. The first-order valence-electron chi connectivity index (χ1n) is 13.0. The van der Waals surface area contributed by atoms with E-state index in [9.17, 15) is 9.59 Å². The number of nitrogens with zero attached hydrogens (tertiary/aromatic N) is 1. The predicted octanol–water partition coefficient (Wildman–Crippen LogP) is 5.75. The van der Waals surface area contributed by atoms with E-state index in [1.165, 1.54) is 10.4 Å². The molecule has 0 unspecified atom stereocenters. The van der Waals surface area contributed by atoms with Crippen LogP contribution in [-0.2, 0) is 13.0 Å². The summed E-state index contributed by atoms with van der Waals surface area (Å²) < 4.78 is 11.7. The second-order valence-corrected chi connectivity index (χ2v) is 10.5. The van der Waals surface area contributed by atoms with Crippen LogP contribution in [-0.4, -0.2) is 36.5 Å². The topological polar surface area (TPSA) is 79.9 Å². The van der Waals surface area contributed by atoms with Gasteiger partial charge in [0.1, 0.15) is 11.2 Å². The molecule has 6 rings (SSSR count). The van der Waals surface area contributed by atoms with Crippen molar-refractivity contribution in [1.82, 2.24) is 10.2 Å². The number of thiophene rings is 1. The number of hydrogen-bond donors (Lipinski definition) is 2. The van der Waals surface area contributed by atoms with E-state index in [2.05, 4.69) is 22.5 Å². The van der Waals surface area contributed by atoms with Crippen LogP contribution in [0.25, 0.3) is 10.8 Å². The third-order valence-corrected chi connectivity index (χ3v) is 8.32. The average Bonchev–Trinajstić information content (AvgIpc) is 3.31. The van der Waals surface area contributed by atoms with Gasteiger partial charge in [-0.15, -0.1) is 11.3 Å². The Labute approximate surface area is 225 Å². The second-order valence-electron chi connectivity index (χ2n) is 9.43. The van der Waals surface area contributed by atoms with Gasteiger partial charge >= 0.3 is 5.97 Å². The van der Waals surface area contributed by atoms with Gasteiger partial charge in [-0.2, -0.15) is 0 Å². The van der Waals surface area contributed by atoms with Crippen LogP contribution in [0.4, 0.5) is 5.00 Å². The molecular weight excluding hydrogens is 498 g/mol. The number of anilines is 1. The Morgan fingerprint density at radius 1 is 1.05 bits per heavy atom. The number of rotatable bonds is 6. The number of benzene rings is 3. The van der Waals surface area contributed by atoms with Crippen molar-refractivity contribution >= 4 is 39.0 Å². The standard InChI is InChI=1S/C30H29N3O4S/c1-3-33-15-14-22-25(17-33)38-29-26(22)28(34)31-27(32-29)19-12-13-23(24(16-19)36-4-2)37-30(35)21-11-7-9-18-8-5-6-10-20(18)21/h5-13,16,27,32H,3-4,14-15,17H2,1-2H3,(H,31,34)/t27-/m0/s1. The van der Waals surface area contributed by atoms with E-state index in [1.54, 1.807) is 23.5 Å². The van der Waals surface area contributed by atoms with E-state index in [-0.39, 0.29) is 5.91 Å². The third kappa shape index (κ3) is 4.40. The fourth-order valence-electron chi connectivity index (χ4n) is 5.22. The van der Waals surface area contributed by atoms with Gasteiger partial charge in [0.2, 0.25) is 0 Å². The molecule has 1 amide bonds. The van der Waals surface area contributed by atoms with E-state index in [4.69, 9.17) is 9.47 Å². The lowest BCUT2D eigenvalue weighted by molar-refractivity contribution is 0.0730. The van der Waals surface area contributed by atoms with Gasteiger partial charge in [-0.3, -0.25) is 9.69 Å². The molecule has 0 bridgehead atoms. The van der Waals surface area contributed by atoms with Crippen LogP contribution in [0, 0.1) is 0 Å². The molecule has 194 valence electrons. The van der Waals surface area contributed by atoms with Gasteiger partial charge in [0.25, 0.3) is 5.91 Å². The molecule has 0 radical (unpaired) electrons. The maximum absolute atomic E-state index is 13.2. The molecule has 0 fully saturated rings. The molecule has 2 N–H and O–H groups in total. The van der Waals surface area contributed by atoms with E-state index in [1.807, 2.05) is 55.5 Å². The molecular formula is C30H29N3O4S. The molecule has 1 aromatic heterocycles. The summed E-state index contributed by atoms with van der Waals surface area (Å²) in [6.45, 7) is 7.31. The third-order valence-electron chi connectivity index (χ3n) is 7.17. The highest BCUT2D eigenvalue weighted by Gasteiger charge is 2.33. The molecule has 2 aliphatic rings. The number of carbonyl (C=O) groups excluding carboxylic acids is 2. The Kier molecular flexibility index (Phi) is 6.51. The summed E-state index contributed by atoms with van der Waals surface area (Å²) in [5.74, 6) is 0.275. The molecule has 8 heteroatoms. The number of esters is 1. The zero-order valence-corrected chi connectivity index (χ0v) is 22.2. The summed E-state index contributed by atoms with van der Waals surface area (Å²) in [6, 6.07) is 18.7. The molecule has 0 spiro atoms. The predicted molar refractivity (Wildman–Crippen MR) is 149 cm³/mol. The molecule has 2 aliphatic heterocycles.